The Hall–Kier alpha value is -1.00. The molecule has 1 aromatic heterocycles. The van der Waals surface area contributed by atoms with Crippen molar-refractivity contribution in [2.75, 3.05) is 13.2 Å². The molecule has 0 amide bonds. The maximum Gasteiger partial charge on any atom is 0.115 e. The summed E-state index contributed by atoms with van der Waals surface area (Å²) in [6.07, 6.45) is 4.88. The highest BCUT2D eigenvalue weighted by Gasteiger charge is 1.59. The molecule has 0 aliphatic rings. The maximum absolute atomic E-state index is 7.62. The third-order valence-corrected chi connectivity index (χ3v) is 0.578. The second kappa shape index (κ2) is 8.00. The number of nitrogens with zero attached hydrogens (tertiary/aromatic N) is 2. The summed E-state index contributed by atoms with van der Waals surface area (Å²) in [5.74, 6) is 0. The van der Waals surface area contributed by atoms with E-state index in [1.807, 2.05) is 0 Å². The van der Waals surface area contributed by atoms with E-state index in [1.54, 1.807) is 18.5 Å². The number of hydrogen-bond acceptors (Lipinski definition) is 4. The first kappa shape index (κ1) is 9.00. The summed E-state index contributed by atoms with van der Waals surface area (Å²) in [6.45, 7) is -0.250. The molecule has 0 saturated heterocycles. The minimum Gasteiger partial charge on any atom is -0.394 e. The molecule has 0 spiro atoms. The van der Waals surface area contributed by atoms with Crippen LogP contribution in [0.25, 0.3) is 0 Å². The molecule has 0 aromatic carbocycles. The summed E-state index contributed by atoms with van der Waals surface area (Å²) in [6, 6.07) is 1.78. The normalized spacial score (nSPS) is 7.80. The number of aliphatic hydroxyl groups is 2. The van der Waals surface area contributed by atoms with Gasteiger partial charge in [-0.15, -0.1) is 0 Å². The summed E-state index contributed by atoms with van der Waals surface area (Å²) in [5.41, 5.74) is 0. The number of rotatable bonds is 1. The number of aliphatic hydroxyl groups excluding tert-OH is 2. The monoisotopic (exact) mass is 142 g/mol. The molecule has 1 rings (SSSR count). The average Bonchev–Trinajstić information content (AvgIpc) is 2.08. The SMILES string of the molecule is OCCO.c1cncnc1. The van der Waals surface area contributed by atoms with Gasteiger partial charge in [-0.3, -0.25) is 0 Å². The molecule has 10 heavy (non-hydrogen) atoms. The van der Waals surface area contributed by atoms with Gasteiger partial charge in [0.05, 0.1) is 13.2 Å². The lowest BCUT2D eigenvalue weighted by Gasteiger charge is -1.70. The van der Waals surface area contributed by atoms with Crippen LogP contribution in [0.3, 0.4) is 0 Å². The second-order valence-corrected chi connectivity index (χ2v) is 1.35. The van der Waals surface area contributed by atoms with Crippen LogP contribution in [-0.4, -0.2) is 33.4 Å². The van der Waals surface area contributed by atoms with Gasteiger partial charge in [0.25, 0.3) is 0 Å². The van der Waals surface area contributed by atoms with Crippen molar-refractivity contribution >= 4 is 0 Å². The van der Waals surface area contributed by atoms with E-state index in [4.69, 9.17) is 10.2 Å². The van der Waals surface area contributed by atoms with Gasteiger partial charge >= 0.3 is 0 Å². The number of hydrogen-bond donors (Lipinski definition) is 2. The molecule has 56 valence electrons. The average molecular weight is 142 g/mol. The van der Waals surface area contributed by atoms with Crippen molar-refractivity contribution in [3.05, 3.63) is 24.8 Å². The molecule has 0 saturated carbocycles. The first-order valence-electron chi connectivity index (χ1n) is 2.83. The Balaban J connectivity index is 0.000000180. The predicted octanol–water partition coefficient (Wildman–Crippen LogP) is -0.552. The Labute approximate surface area is 59.2 Å². The van der Waals surface area contributed by atoms with Gasteiger partial charge < -0.3 is 10.2 Å². The summed E-state index contributed by atoms with van der Waals surface area (Å²) in [7, 11) is 0. The Kier molecular flexibility index (Phi) is 7.20. The van der Waals surface area contributed by atoms with Crippen LogP contribution in [0.1, 0.15) is 0 Å². The smallest absolute Gasteiger partial charge is 0.115 e. The third kappa shape index (κ3) is 7.00. The first-order chi connectivity index (χ1) is 4.91. The minimum absolute atomic E-state index is 0.125. The van der Waals surface area contributed by atoms with Gasteiger partial charge in [0, 0.05) is 12.4 Å². The molecule has 0 aliphatic carbocycles. The maximum atomic E-state index is 7.62. The largest absolute Gasteiger partial charge is 0.394 e. The topological polar surface area (TPSA) is 66.2 Å². The lowest BCUT2D eigenvalue weighted by atomic mass is 10.7. The molecule has 0 aliphatic heterocycles. The highest BCUT2D eigenvalue weighted by molar-refractivity contribution is 4.74. The standard InChI is InChI=1S/C4H4N2.C2H6O2/c1-2-5-4-6-3-1;3-1-2-4/h1-4H;3-4H,1-2H2. The molecule has 4 heteroatoms. The van der Waals surface area contributed by atoms with Crippen molar-refractivity contribution in [1.29, 1.82) is 0 Å². The minimum atomic E-state index is -0.125. The molecule has 0 radical (unpaired) electrons. The molecular formula is C6H10N2O2. The van der Waals surface area contributed by atoms with Crippen LogP contribution in [0.4, 0.5) is 0 Å². The van der Waals surface area contributed by atoms with Crippen LogP contribution in [0.5, 0.6) is 0 Å². The summed E-state index contributed by atoms with van der Waals surface area (Å²) < 4.78 is 0. The Morgan fingerprint density at radius 1 is 1.00 bits per heavy atom. The van der Waals surface area contributed by atoms with Crippen molar-refractivity contribution in [1.82, 2.24) is 9.97 Å². The Morgan fingerprint density at radius 2 is 1.50 bits per heavy atom. The van der Waals surface area contributed by atoms with Crippen molar-refractivity contribution in [3.8, 4) is 0 Å². The fourth-order valence-corrected chi connectivity index (χ4v) is 0.253. The van der Waals surface area contributed by atoms with E-state index in [2.05, 4.69) is 9.97 Å². The predicted molar refractivity (Wildman–Crippen MR) is 36.2 cm³/mol. The van der Waals surface area contributed by atoms with Gasteiger partial charge in [-0.25, -0.2) is 9.97 Å². The molecule has 0 bridgehead atoms. The Bertz CT molecular complexity index is 106. The van der Waals surface area contributed by atoms with Gasteiger partial charge in [-0.2, -0.15) is 0 Å². The highest BCUT2D eigenvalue weighted by atomic mass is 16.3. The van der Waals surface area contributed by atoms with Gasteiger partial charge in [0.1, 0.15) is 6.33 Å². The molecule has 1 heterocycles. The molecule has 0 unspecified atom stereocenters. The van der Waals surface area contributed by atoms with E-state index in [1.165, 1.54) is 6.33 Å². The van der Waals surface area contributed by atoms with Gasteiger partial charge in [0.15, 0.2) is 0 Å². The molecular weight excluding hydrogens is 132 g/mol. The van der Waals surface area contributed by atoms with E-state index in [0.717, 1.165) is 0 Å². The van der Waals surface area contributed by atoms with Crippen LogP contribution in [0, 0.1) is 0 Å². The molecule has 0 atom stereocenters. The zero-order valence-electron chi connectivity index (χ0n) is 5.51. The molecule has 2 N–H and O–H groups in total. The lowest BCUT2D eigenvalue weighted by molar-refractivity contribution is 0.186. The van der Waals surface area contributed by atoms with Crippen molar-refractivity contribution in [2.24, 2.45) is 0 Å². The fourth-order valence-electron chi connectivity index (χ4n) is 0.253. The summed E-state index contributed by atoms with van der Waals surface area (Å²) in [5, 5.41) is 15.2. The molecule has 1 aromatic rings. The van der Waals surface area contributed by atoms with Crippen molar-refractivity contribution in [3.63, 3.8) is 0 Å². The van der Waals surface area contributed by atoms with E-state index < -0.39 is 0 Å². The fraction of sp³-hybridized carbons (Fsp3) is 0.333. The van der Waals surface area contributed by atoms with E-state index in [9.17, 15) is 0 Å². The third-order valence-electron chi connectivity index (χ3n) is 0.578. The van der Waals surface area contributed by atoms with Crippen LogP contribution >= 0.6 is 0 Å². The zero-order valence-corrected chi connectivity index (χ0v) is 5.51. The van der Waals surface area contributed by atoms with E-state index in [0.29, 0.717) is 0 Å². The van der Waals surface area contributed by atoms with Gasteiger partial charge in [-0.1, -0.05) is 0 Å². The second-order valence-electron chi connectivity index (χ2n) is 1.35. The summed E-state index contributed by atoms with van der Waals surface area (Å²) >= 11 is 0. The first-order valence-corrected chi connectivity index (χ1v) is 2.83. The molecule has 4 nitrogen and oxygen atoms in total. The van der Waals surface area contributed by atoms with Crippen LogP contribution in [0.15, 0.2) is 24.8 Å². The van der Waals surface area contributed by atoms with Gasteiger partial charge in [-0.05, 0) is 6.07 Å². The number of aromatic nitrogens is 2. The summed E-state index contributed by atoms with van der Waals surface area (Å²) in [4.78, 5) is 7.35. The van der Waals surface area contributed by atoms with Gasteiger partial charge in [0.2, 0.25) is 0 Å². The zero-order chi connectivity index (χ0) is 7.66. The van der Waals surface area contributed by atoms with Crippen molar-refractivity contribution in [2.45, 2.75) is 0 Å². The lowest BCUT2D eigenvalue weighted by Crippen LogP contribution is -1.85. The Morgan fingerprint density at radius 3 is 1.60 bits per heavy atom. The van der Waals surface area contributed by atoms with Crippen molar-refractivity contribution < 1.29 is 10.2 Å². The van der Waals surface area contributed by atoms with Crippen LogP contribution in [0.2, 0.25) is 0 Å². The van der Waals surface area contributed by atoms with Crippen LogP contribution in [-0.2, 0) is 0 Å². The highest BCUT2D eigenvalue weighted by Crippen LogP contribution is 1.66. The quantitative estimate of drug-likeness (QED) is 0.552. The van der Waals surface area contributed by atoms with Crippen LogP contribution < -0.4 is 0 Å². The van der Waals surface area contributed by atoms with E-state index >= 15 is 0 Å². The molecule has 0 fully saturated rings. The van der Waals surface area contributed by atoms with E-state index in [-0.39, 0.29) is 13.2 Å².